The Kier molecular flexibility index (Phi) is 4.85. The number of ether oxygens (including phenoxy) is 1. The van der Waals surface area contributed by atoms with Crippen LogP contribution in [0.25, 0.3) is 0 Å². The number of carbonyl (C=O) groups is 1. The Balaban J connectivity index is 2.05. The molecule has 118 valence electrons. The molecule has 0 aliphatic rings. The van der Waals surface area contributed by atoms with Crippen LogP contribution in [-0.4, -0.2) is 22.8 Å². The molecule has 0 bridgehead atoms. The van der Waals surface area contributed by atoms with E-state index in [0.717, 1.165) is 28.3 Å². The monoisotopic (exact) mass is 301 g/mol. The molecule has 1 aromatic carbocycles. The number of benzene rings is 1. The summed E-state index contributed by atoms with van der Waals surface area (Å²) in [6, 6.07) is 7.50. The lowest BCUT2D eigenvalue weighted by atomic mass is 10.1. The topological polar surface area (TPSA) is 56.1 Å². The van der Waals surface area contributed by atoms with Crippen molar-refractivity contribution in [3.05, 3.63) is 46.8 Å². The predicted molar refractivity (Wildman–Crippen MR) is 85.9 cm³/mol. The highest BCUT2D eigenvalue weighted by atomic mass is 16.5. The molecule has 0 aliphatic carbocycles. The van der Waals surface area contributed by atoms with Gasteiger partial charge in [0.25, 0.3) is 0 Å². The SMILES string of the molecule is COc1cccc(CC(=O)N[C@@H](C)c2c(C)nn(C)c2C)c1. The number of rotatable bonds is 5. The van der Waals surface area contributed by atoms with Crippen LogP contribution in [0.4, 0.5) is 0 Å². The fourth-order valence-corrected chi connectivity index (χ4v) is 2.75. The van der Waals surface area contributed by atoms with Crippen LogP contribution in [0.2, 0.25) is 0 Å². The van der Waals surface area contributed by atoms with Gasteiger partial charge in [-0.2, -0.15) is 5.10 Å². The lowest BCUT2D eigenvalue weighted by Crippen LogP contribution is -2.28. The normalized spacial score (nSPS) is 12.0. The van der Waals surface area contributed by atoms with E-state index in [-0.39, 0.29) is 11.9 Å². The minimum atomic E-state index is -0.0631. The van der Waals surface area contributed by atoms with Crippen LogP contribution in [0.5, 0.6) is 5.75 Å². The summed E-state index contributed by atoms with van der Waals surface area (Å²) < 4.78 is 7.02. The van der Waals surface area contributed by atoms with E-state index in [1.54, 1.807) is 7.11 Å². The predicted octanol–water partition coefficient (Wildman–Crippen LogP) is 2.47. The molecule has 2 rings (SSSR count). The summed E-state index contributed by atoms with van der Waals surface area (Å²) in [6.07, 6.45) is 0.333. The third-order valence-corrected chi connectivity index (χ3v) is 3.87. The standard InChI is InChI=1S/C17H23N3O2/c1-11(17-12(2)19-20(4)13(17)3)18-16(21)10-14-7-6-8-15(9-14)22-5/h6-9,11H,10H2,1-5H3,(H,18,21)/t11-/m0/s1. The lowest BCUT2D eigenvalue weighted by Gasteiger charge is -2.15. The van der Waals surface area contributed by atoms with Crippen molar-refractivity contribution < 1.29 is 9.53 Å². The molecule has 22 heavy (non-hydrogen) atoms. The van der Waals surface area contributed by atoms with Crippen molar-refractivity contribution in [3.63, 3.8) is 0 Å². The Hall–Kier alpha value is -2.30. The number of nitrogens with zero attached hydrogens (tertiary/aromatic N) is 2. The highest BCUT2D eigenvalue weighted by molar-refractivity contribution is 5.79. The van der Waals surface area contributed by atoms with Crippen molar-refractivity contribution in [2.45, 2.75) is 33.2 Å². The van der Waals surface area contributed by atoms with E-state index in [0.29, 0.717) is 6.42 Å². The van der Waals surface area contributed by atoms with E-state index >= 15 is 0 Å². The Morgan fingerprint density at radius 3 is 2.73 bits per heavy atom. The average molecular weight is 301 g/mol. The minimum absolute atomic E-state index is 0.0107. The summed E-state index contributed by atoms with van der Waals surface area (Å²) in [5.74, 6) is 0.751. The Morgan fingerprint density at radius 1 is 1.41 bits per heavy atom. The first-order valence-corrected chi connectivity index (χ1v) is 7.34. The second-order valence-corrected chi connectivity index (χ2v) is 5.53. The van der Waals surface area contributed by atoms with E-state index < -0.39 is 0 Å². The smallest absolute Gasteiger partial charge is 0.224 e. The van der Waals surface area contributed by atoms with E-state index in [9.17, 15) is 4.79 Å². The number of carbonyl (C=O) groups excluding carboxylic acids is 1. The van der Waals surface area contributed by atoms with Crippen LogP contribution in [-0.2, 0) is 18.3 Å². The second kappa shape index (κ2) is 6.64. The van der Waals surface area contributed by atoms with E-state index in [1.807, 2.05) is 56.8 Å². The van der Waals surface area contributed by atoms with Gasteiger partial charge in [0.05, 0.1) is 25.3 Å². The molecule has 0 aliphatic heterocycles. The molecule has 0 unspecified atom stereocenters. The molecule has 1 aromatic heterocycles. The molecule has 1 heterocycles. The third kappa shape index (κ3) is 3.47. The summed E-state index contributed by atoms with van der Waals surface area (Å²) in [6.45, 7) is 5.97. The Bertz CT molecular complexity index is 677. The van der Waals surface area contributed by atoms with Gasteiger partial charge in [-0.25, -0.2) is 0 Å². The number of methoxy groups -OCH3 is 1. The molecule has 2 aromatic rings. The van der Waals surface area contributed by atoms with Gasteiger partial charge in [0, 0.05) is 18.3 Å². The van der Waals surface area contributed by atoms with Gasteiger partial charge < -0.3 is 10.1 Å². The molecule has 0 radical (unpaired) electrons. The molecule has 0 saturated carbocycles. The number of nitrogens with one attached hydrogen (secondary N) is 1. The van der Waals surface area contributed by atoms with Crippen LogP contribution in [0.1, 0.15) is 35.5 Å². The van der Waals surface area contributed by atoms with E-state index in [1.165, 1.54) is 0 Å². The highest BCUT2D eigenvalue weighted by Crippen LogP contribution is 2.21. The van der Waals surface area contributed by atoms with Crippen molar-refractivity contribution in [3.8, 4) is 5.75 Å². The molecule has 1 N–H and O–H groups in total. The van der Waals surface area contributed by atoms with Gasteiger partial charge in [0.2, 0.25) is 5.91 Å². The molecule has 0 saturated heterocycles. The summed E-state index contributed by atoms with van der Waals surface area (Å²) in [5, 5.41) is 7.44. The summed E-state index contributed by atoms with van der Waals surface area (Å²) >= 11 is 0. The summed E-state index contributed by atoms with van der Waals surface area (Å²) in [4.78, 5) is 12.2. The maximum absolute atomic E-state index is 12.2. The zero-order valence-corrected chi connectivity index (χ0v) is 13.8. The zero-order valence-electron chi connectivity index (χ0n) is 13.8. The van der Waals surface area contributed by atoms with Crippen LogP contribution in [0.15, 0.2) is 24.3 Å². The fourth-order valence-electron chi connectivity index (χ4n) is 2.75. The summed E-state index contributed by atoms with van der Waals surface area (Å²) in [7, 11) is 3.53. The van der Waals surface area contributed by atoms with Gasteiger partial charge in [0.1, 0.15) is 5.75 Å². The van der Waals surface area contributed by atoms with E-state index in [2.05, 4.69) is 10.4 Å². The molecular formula is C17H23N3O2. The number of aromatic nitrogens is 2. The quantitative estimate of drug-likeness (QED) is 0.923. The maximum Gasteiger partial charge on any atom is 0.224 e. The molecule has 0 fully saturated rings. The van der Waals surface area contributed by atoms with Gasteiger partial charge in [0.15, 0.2) is 0 Å². The lowest BCUT2D eigenvalue weighted by molar-refractivity contribution is -0.121. The van der Waals surface area contributed by atoms with Crippen LogP contribution >= 0.6 is 0 Å². The van der Waals surface area contributed by atoms with Gasteiger partial charge in [-0.05, 0) is 38.5 Å². The van der Waals surface area contributed by atoms with Crippen LogP contribution in [0.3, 0.4) is 0 Å². The first-order valence-electron chi connectivity index (χ1n) is 7.34. The average Bonchev–Trinajstić information content (AvgIpc) is 2.72. The fraction of sp³-hybridized carbons (Fsp3) is 0.412. The van der Waals surface area contributed by atoms with Crippen LogP contribution < -0.4 is 10.1 Å². The minimum Gasteiger partial charge on any atom is -0.497 e. The summed E-state index contributed by atoms with van der Waals surface area (Å²) in [5.41, 5.74) is 4.05. The van der Waals surface area contributed by atoms with Crippen molar-refractivity contribution >= 4 is 5.91 Å². The number of amides is 1. The first kappa shape index (κ1) is 16.1. The van der Waals surface area contributed by atoms with Crippen LogP contribution in [0, 0.1) is 13.8 Å². The Morgan fingerprint density at radius 2 is 2.14 bits per heavy atom. The van der Waals surface area contributed by atoms with Crippen molar-refractivity contribution in [1.82, 2.24) is 15.1 Å². The van der Waals surface area contributed by atoms with Crippen molar-refractivity contribution in [2.75, 3.05) is 7.11 Å². The van der Waals surface area contributed by atoms with E-state index in [4.69, 9.17) is 4.74 Å². The van der Waals surface area contributed by atoms with Gasteiger partial charge in [-0.1, -0.05) is 12.1 Å². The van der Waals surface area contributed by atoms with Crippen molar-refractivity contribution in [2.24, 2.45) is 7.05 Å². The van der Waals surface area contributed by atoms with Gasteiger partial charge >= 0.3 is 0 Å². The second-order valence-electron chi connectivity index (χ2n) is 5.53. The van der Waals surface area contributed by atoms with Crippen molar-refractivity contribution in [1.29, 1.82) is 0 Å². The number of aryl methyl sites for hydroxylation is 2. The molecule has 5 nitrogen and oxygen atoms in total. The molecule has 5 heteroatoms. The maximum atomic E-state index is 12.2. The van der Waals surface area contributed by atoms with Gasteiger partial charge in [-0.3, -0.25) is 9.48 Å². The molecular weight excluding hydrogens is 278 g/mol. The number of hydrogen-bond donors (Lipinski definition) is 1. The first-order chi connectivity index (χ1) is 10.4. The zero-order chi connectivity index (χ0) is 16.3. The largest absolute Gasteiger partial charge is 0.497 e. The molecule has 1 atom stereocenters. The number of hydrogen-bond acceptors (Lipinski definition) is 3. The highest BCUT2D eigenvalue weighted by Gasteiger charge is 2.18. The molecule has 1 amide bonds. The third-order valence-electron chi connectivity index (χ3n) is 3.87. The molecule has 0 spiro atoms. The van der Waals surface area contributed by atoms with Gasteiger partial charge in [-0.15, -0.1) is 0 Å². The Labute approximate surface area is 131 Å².